The van der Waals surface area contributed by atoms with Crippen LogP contribution in [0.2, 0.25) is 0 Å². The second-order valence-corrected chi connectivity index (χ2v) is 11.5. The standard InChI is InChI=1S/C21H31BrO4/c1-19-6-5-15-13(14(19)2-3-16(19)17(25)10-23)8-18-21(22)9-12(24)4-7-20(15,21)11-26-18/h12-16,18,23-24H,2-11H2,1H3/t12-,13?,14?,15?,16+,18-,19-,20-,21-/m0/s1. The van der Waals surface area contributed by atoms with E-state index in [1.165, 1.54) is 0 Å². The molecule has 5 heteroatoms. The Labute approximate surface area is 164 Å². The predicted octanol–water partition coefficient (Wildman–Crippen LogP) is 3.07. The van der Waals surface area contributed by atoms with Gasteiger partial charge in [0.2, 0.25) is 0 Å². The Kier molecular flexibility index (Phi) is 4.02. The van der Waals surface area contributed by atoms with Crippen molar-refractivity contribution in [3.63, 3.8) is 0 Å². The van der Waals surface area contributed by atoms with E-state index in [-0.39, 0.29) is 45.7 Å². The monoisotopic (exact) mass is 426 g/mol. The Hall–Kier alpha value is 0.0300. The maximum atomic E-state index is 12.4. The lowest BCUT2D eigenvalue weighted by Crippen LogP contribution is -2.63. The van der Waals surface area contributed by atoms with Crippen molar-refractivity contribution in [2.75, 3.05) is 13.2 Å². The minimum absolute atomic E-state index is 0.0401. The second-order valence-electron chi connectivity index (χ2n) is 10.1. The molecule has 0 aromatic rings. The summed E-state index contributed by atoms with van der Waals surface area (Å²) in [6.45, 7) is 2.85. The normalized spacial score (nSPS) is 58.0. The van der Waals surface area contributed by atoms with Gasteiger partial charge in [-0.3, -0.25) is 4.79 Å². The van der Waals surface area contributed by atoms with E-state index in [2.05, 4.69) is 22.9 Å². The highest BCUT2D eigenvalue weighted by Crippen LogP contribution is 2.72. The molecule has 5 fully saturated rings. The zero-order valence-electron chi connectivity index (χ0n) is 15.6. The first-order valence-electron chi connectivity index (χ1n) is 10.5. The number of alkyl halides is 1. The predicted molar refractivity (Wildman–Crippen MR) is 101 cm³/mol. The van der Waals surface area contributed by atoms with Crippen LogP contribution < -0.4 is 0 Å². The van der Waals surface area contributed by atoms with E-state index in [4.69, 9.17) is 4.74 Å². The van der Waals surface area contributed by atoms with Crippen LogP contribution in [-0.2, 0) is 9.53 Å². The molecule has 0 amide bonds. The van der Waals surface area contributed by atoms with Crippen molar-refractivity contribution in [3.05, 3.63) is 0 Å². The minimum atomic E-state index is -0.306. The van der Waals surface area contributed by atoms with Gasteiger partial charge in [0, 0.05) is 11.3 Å². The number of halogens is 1. The van der Waals surface area contributed by atoms with E-state index in [9.17, 15) is 15.0 Å². The number of rotatable bonds is 2. The Morgan fingerprint density at radius 3 is 2.77 bits per heavy atom. The molecule has 146 valence electrons. The number of ether oxygens (including phenoxy) is 1. The molecule has 5 aliphatic rings. The number of aliphatic hydroxyl groups is 2. The molecule has 26 heavy (non-hydrogen) atoms. The van der Waals surface area contributed by atoms with E-state index in [1.54, 1.807) is 0 Å². The molecule has 0 radical (unpaired) electrons. The van der Waals surface area contributed by atoms with Gasteiger partial charge in [-0.15, -0.1) is 0 Å². The number of carbonyl (C=O) groups excluding carboxylic acids is 1. The van der Waals surface area contributed by atoms with Gasteiger partial charge in [-0.1, -0.05) is 22.9 Å². The SMILES string of the molecule is C[C@]12CCC3C(C[C@@H]4OC[C@@]35CC[C@H](O)C[C@]45Br)C1CC[C@@H]2C(=O)CO. The smallest absolute Gasteiger partial charge is 0.161 e. The highest BCUT2D eigenvalue weighted by Gasteiger charge is 2.72. The molecular formula is C21H31BrO4. The largest absolute Gasteiger partial charge is 0.393 e. The number of hydrogen-bond donors (Lipinski definition) is 2. The fraction of sp³-hybridized carbons (Fsp3) is 0.952. The van der Waals surface area contributed by atoms with Crippen LogP contribution in [0.15, 0.2) is 0 Å². The van der Waals surface area contributed by atoms with Crippen molar-refractivity contribution in [3.8, 4) is 0 Å². The van der Waals surface area contributed by atoms with Crippen LogP contribution in [0.5, 0.6) is 0 Å². The number of Topliss-reactive ketones (excluding diaryl/α,β-unsaturated/α-hetero) is 1. The molecule has 4 nitrogen and oxygen atoms in total. The van der Waals surface area contributed by atoms with Crippen LogP contribution in [0.3, 0.4) is 0 Å². The van der Waals surface area contributed by atoms with Crippen LogP contribution >= 0.6 is 15.9 Å². The molecule has 3 unspecified atom stereocenters. The van der Waals surface area contributed by atoms with E-state index >= 15 is 0 Å². The highest BCUT2D eigenvalue weighted by molar-refractivity contribution is 9.10. The van der Waals surface area contributed by atoms with Crippen LogP contribution in [0.25, 0.3) is 0 Å². The first-order chi connectivity index (χ1) is 12.4. The zero-order valence-corrected chi connectivity index (χ0v) is 17.2. The molecule has 4 aliphatic carbocycles. The average molecular weight is 427 g/mol. The van der Waals surface area contributed by atoms with Gasteiger partial charge in [-0.2, -0.15) is 0 Å². The van der Waals surface area contributed by atoms with Gasteiger partial charge >= 0.3 is 0 Å². The summed E-state index contributed by atoms with van der Waals surface area (Å²) in [7, 11) is 0. The van der Waals surface area contributed by atoms with Crippen molar-refractivity contribution in [1.29, 1.82) is 0 Å². The number of hydrogen-bond acceptors (Lipinski definition) is 4. The van der Waals surface area contributed by atoms with E-state index in [0.29, 0.717) is 17.8 Å². The lowest BCUT2D eigenvalue weighted by atomic mass is 9.44. The third-order valence-corrected chi connectivity index (χ3v) is 11.1. The molecule has 0 spiro atoms. The molecule has 9 atom stereocenters. The molecule has 2 bridgehead atoms. The molecule has 4 saturated carbocycles. The first-order valence-corrected chi connectivity index (χ1v) is 11.3. The van der Waals surface area contributed by atoms with Crippen molar-refractivity contribution < 1.29 is 19.7 Å². The molecule has 2 N–H and O–H groups in total. The van der Waals surface area contributed by atoms with Crippen LogP contribution in [0.4, 0.5) is 0 Å². The first kappa shape index (κ1) is 18.1. The topological polar surface area (TPSA) is 66.8 Å². The summed E-state index contributed by atoms with van der Waals surface area (Å²) in [5.74, 6) is 1.93. The fourth-order valence-electron chi connectivity index (χ4n) is 8.35. The molecule has 0 aromatic carbocycles. The summed E-state index contributed by atoms with van der Waals surface area (Å²) in [6.07, 6.45) is 8.11. The Balaban J connectivity index is 1.50. The number of ketones is 1. The molecule has 5 rings (SSSR count). The van der Waals surface area contributed by atoms with Gasteiger partial charge in [0.25, 0.3) is 0 Å². The number of fused-ring (bicyclic) bond motifs is 3. The molecule has 0 aromatic heterocycles. The lowest BCUT2D eigenvalue weighted by molar-refractivity contribution is -0.135. The van der Waals surface area contributed by atoms with Gasteiger partial charge < -0.3 is 14.9 Å². The summed E-state index contributed by atoms with van der Waals surface area (Å²) in [5, 5.41) is 19.8. The molecular weight excluding hydrogens is 396 g/mol. The van der Waals surface area contributed by atoms with Crippen LogP contribution in [0, 0.1) is 34.5 Å². The van der Waals surface area contributed by atoms with Crippen molar-refractivity contribution in [2.45, 2.75) is 74.8 Å². The minimum Gasteiger partial charge on any atom is -0.393 e. The number of carbonyl (C=O) groups is 1. The van der Waals surface area contributed by atoms with E-state index in [0.717, 1.165) is 58.0 Å². The van der Waals surface area contributed by atoms with Gasteiger partial charge in [-0.25, -0.2) is 0 Å². The van der Waals surface area contributed by atoms with Gasteiger partial charge in [0.15, 0.2) is 5.78 Å². The van der Waals surface area contributed by atoms with Gasteiger partial charge in [0.05, 0.1) is 23.1 Å². The Bertz CT molecular complexity index is 625. The van der Waals surface area contributed by atoms with Crippen LogP contribution in [0.1, 0.15) is 58.3 Å². The van der Waals surface area contributed by atoms with Gasteiger partial charge in [0.1, 0.15) is 6.61 Å². The maximum absolute atomic E-state index is 12.4. The van der Waals surface area contributed by atoms with E-state index in [1.807, 2.05) is 0 Å². The van der Waals surface area contributed by atoms with Gasteiger partial charge in [-0.05, 0) is 74.5 Å². The summed E-state index contributed by atoms with van der Waals surface area (Å²) in [4.78, 5) is 12.4. The third kappa shape index (κ3) is 2.04. The molecule has 1 saturated heterocycles. The van der Waals surface area contributed by atoms with Crippen molar-refractivity contribution in [1.82, 2.24) is 0 Å². The Morgan fingerprint density at radius 2 is 2.00 bits per heavy atom. The lowest BCUT2D eigenvalue weighted by Gasteiger charge is -2.62. The summed E-state index contributed by atoms with van der Waals surface area (Å²) in [6, 6.07) is 0. The molecule has 1 heterocycles. The molecule has 1 aliphatic heterocycles. The third-order valence-electron chi connectivity index (χ3n) is 9.51. The zero-order chi connectivity index (χ0) is 18.3. The van der Waals surface area contributed by atoms with E-state index < -0.39 is 0 Å². The number of aliphatic hydroxyl groups excluding tert-OH is 2. The summed E-state index contributed by atoms with van der Waals surface area (Å²) >= 11 is 4.12. The maximum Gasteiger partial charge on any atom is 0.161 e. The Morgan fingerprint density at radius 1 is 1.19 bits per heavy atom. The highest BCUT2D eigenvalue weighted by atomic mass is 79.9. The quantitative estimate of drug-likeness (QED) is 0.665. The van der Waals surface area contributed by atoms with Crippen LogP contribution in [-0.4, -0.2) is 45.7 Å². The second kappa shape index (κ2) is 5.77. The fourth-order valence-corrected chi connectivity index (χ4v) is 9.65. The average Bonchev–Trinajstić information content (AvgIpc) is 3.03. The van der Waals surface area contributed by atoms with Crippen molar-refractivity contribution in [2.24, 2.45) is 34.5 Å². The van der Waals surface area contributed by atoms with Crippen molar-refractivity contribution >= 4 is 21.7 Å². The summed E-state index contributed by atoms with van der Waals surface area (Å²) < 4.78 is 6.31. The summed E-state index contributed by atoms with van der Waals surface area (Å²) in [5.41, 5.74) is 0.206.